The summed E-state index contributed by atoms with van der Waals surface area (Å²) in [7, 11) is 0. The molecule has 0 fully saturated rings. The lowest BCUT2D eigenvalue weighted by Crippen LogP contribution is -2.30. The molecule has 0 unspecified atom stereocenters. The van der Waals surface area contributed by atoms with Gasteiger partial charge in [-0.15, -0.1) is 0 Å². The Morgan fingerprint density at radius 3 is 0.927 bits per heavy atom. The maximum Gasteiger partial charge on any atom is 0.0233 e. The van der Waals surface area contributed by atoms with Crippen molar-refractivity contribution in [1.29, 1.82) is 0 Å². The van der Waals surface area contributed by atoms with Crippen molar-refractivity contribution in [2.45, 2.75) is 30.1 Å². The van der Waals surface area contributed by atoms with Crippen LogP contribution in [-0.2, 0) is 5.41 Å². The van der Waals surface area contributed by atoms with Crippen LogP contribution in [0.3, 0.4) is 0 Å². The molecule has 0 amide bonds. The van der Waals surface area contributed by atoms with E-state index in [1.54, 1.807) is 0 Å². The first-order valence-corrected chi connectivity index (χ1v) is 14.9. The third-order valence-corrected chi connectivity index (χ3v) is 10.2. The van der Waals surface area contributed by atoms with Crippen LogP contribution in [0.15, 0.2) is 146 Å². The normalized spacial score (nSPS) is 15.5. The lowest BCUT2D eigenvalue weighted by molar-refractivity contribution is 0.407. The fourth-order valence-corrected chi connectivity index (χ4v) is 8.60. The molecule has 0 nitrogen and oxygen atoms in total. The van der Waals surface area contributed by atoms with Crippen molar-refractivity contribution in [1.82, 2.24) is 0 Å². The molecule has 6 aromatic carbocycles. The fourth-order valence-electron chi connectivity index (χ4n) is 8.60. The van der Waals surface area contributed by atoms with Gasteiger partial charge in [-0.3, -0.25) is 0 Å². The van der Waals surface area contributed by atoms with E-state index in [2.05, 4.69) is 146 Å². The van der Waals surface area contributed by atoms with Crippen molar-refractivity contribution >= 4 is 0 Å². The molecule has 0 heterocycles. The highest BCUT2D eigenvalue weighted by Crippen LogP contribution is 2.61. The monoisotopic (exact) mass is 522 g/mol. The van der Waals surface area contributed by atoms with E-state index in [0.29, 0.717) is 11.8 Å². The predicted molar refractivity (Wildman–Crippen MR) is 169 cm³/mol. The number of benzene rings is 6. The molecule has 0 N–H and O–H groups in total. The van der Waals surface area contributed by atoms with Gasteiger partial charge in [0.05, 0.1) is 0 Å². The lowest BCUT2D eigenvalue weighted by atomic mass is 9.64. The highest BCUT2D eigenvalue weighted by molar-refractivity contribution is 5.84. The SMILES string of the molecule is c1ccc2c(c1)-c1ccccc1C2CC1(CC2c3ccccc3-c3ccccc32)c2ccccc2-c2ccccc21. The van der Waals surface area contributed by atoms with Crippen molar-refractivity contribution in [3.63, 3.8) is 0 Å². The summed E-state index contributed by atoms with van der Waals surface area (Å²) >= 11 is 0. The first kappa shape index (κ1) is 23.1. The maximum absolute atomic E-state index is 2.43. The van der Waals surface area contributed by atoms with Gasteiger partial charge in [-0.2, -0.15) is 0 Å². The van der Waals surface area contributed by atoms with Crippen molar-refractivity contribution in [2.75, 3.05) is 0 Å². The smallest absolute Gasteiger partial charge is 0.0233 e. The van der Waals surface area contributed by atoms with E-state index in [-0.39, 0.29) is 5.41 Å². The molecule has 194 valence electrons. The quantitative estimate of drug-likeness (QED) is 0.216. The Balaban J connectivity index is 1.29. The molecular formula is C41H30. The van der Waals surface area contributed by atoms with E-state index >= 15 is 0 Å². The average molecular weight is 523 g/mol. The van der Waals surface area contributed by atoms with Crippen molar-refractivity contribution in [3.8, 4) is 33.4 Å². The maximum atomic E-state index is 2.43. The van der Waals surface area contributed by atoms with Crippen LogP contribution in [0.25, 0.3) is 33.4 Å². The van der Waals surface area contributed by atoms with Crippen LogP contribution < -0.4 is 0 Å². The van der Waals surface area contributed by atoms with Gasteiger partial charge in [0.1, 0.15) is 0 Å². The lowest BCUT2D eigenvalue weighted by Gasteiger charge is -2.38. The van der Waals surface area contributed by atoms with E-state index in [1.807, 2.05) is 0 Å². The molecule has 3 aliphatic carbocycles. The van der Waals surface area contributed by atoms with Crippen LogP contribution in [0.1, 0.15) is 58.1 Å². The molecule has 0 bridgehead atoms. The van der Waals surface area contributed by atoms with Crippen LogP contribution >= 0.6 is 0 Å². The Labute approximate surface area is 242 Å². The molecule has 0 radical (unpaired) electrons. The Morgan fingerprint density at radius 2 is 0.585 bits per heavy atom. The molecular weight excluding hydrogens is 492 g/mol. The van der Waals surface area contributed by atoms with Crippen LogP contribution in [0.2, 0.25) is 0 Å². The molecule has 0 saturated carbocycles. The van der Waals surface area contributed by atoms with Crippen molar-refractivity contribution in [2.24, 2.45) is 0 Å². The molecule has 0 spiro atoms. The van der Waals surface area contributed by atoms with Gasteiger partial charge in [0, 0.05) is 17.3 Å². The summed E-state index contributed by atoms with van der Waals surface area (Å²) < 4.78 is 0. The minimum atomic E-state index is -0.127. The standard InChI is InChI=1S/C41H30/c1-5-17-31-27(13-1)28-14-2-6-18-32(28)37(31)25-41(39-23-11-9-21-35(39)36-22-10-12-24-40(36)41)26-38-33-19-7-3-15-29(33)30-16-4-8-20-34(30)38/h1-24,37-38H,25-26H2. The average Bonchev–Trinajstić information content (AvgIpc) is 3.63. The topological polar surface area (TPSA) is 0 Å². The zero-order chi connectivity index (χ0) is 27.0. The van der Waals surface area contributed by atoms with Gasteiger partial charge in [-0.1, -0.05) is 146 Å². The second-order valence-corrected chi connectivity index (χ2v) is 12.0. The third kappa shape index (κ3) is 3.16. The van der Waals surface area contributed by atoms with Crippen LogP contribution in [-0.4, -0.2) is 0 Å². The van der Waals surface area contributed by atoms with Gasteiger partial charge in [-0.05, 0) is 79.6 Å². The number of hydrogen-bond acceptors (Lipinski definition) is 0. The minimum absolute atomic E-state index is 0.127. The van der Waals surface area contributed by atoms with E-state index < -0.39 is 0 Å². The summed E-state index contributed by atoms with van der Waals surface area (Å²) in [6.45, 7) is 0. The van der Waals surface area contributed by atoms with Crippen molar-refractivity contribution in [3.05, 3.63) is 179 Å². The molecule has 0 saturated heterocycles. The minimum Gasteiger partial charge on any atom is -0.0619 e. The van der Waals surface area contributed by atoms with Gasteiger partial charge >= 0.3 is 0 Å². The Bertz CT molecular complexity index is 1740. The van der Waals surface area contributed by atoms with E-state index in [4.69, 9.17) is 0 Å². The van der Waals surface area contributed by atoms with Crippen LogP contribution in [0.5, 0.6) is 0 Å². The van der Waals surface area contributed by atoms with E-state index in [9.17, 15) is 0 Å². The van der Waals surface area contributed by atoms with Crippen LogP contribution in [0, 0.1) is 0 Å². The molecule has 41 heavy (non-hydrogen) atoms. The second-order valence-electron chi connectivity index (χ2n) is 12.0. The summed E-state index contributed by atoms with van der Waals surface area (Å²) in [6, 6.07) is 55.0. The zero-order valence-corrected chi connectivity index (χ0v) is 22.9. The summed E-state index contributed by atoms with van der Waals surface area (Å²) in [6.07, 6.45) is 2.10. The van der Waals surface area contributed by atoms with Gasteiger partial charge < -0.3 is 0 Å². The van der Waals surface area contributed by atoms with Crippen molar-refractivity contribution < 1.29 is 0 Å². The highest BCUT2D eigenvalue weighted by Gasteiger charge is 2.48. The first-order chi connectivity index (χ1) is 20.3. The Morgan fingerprint density at radius 1 is 0.317 bits per heavy atom. The second kappa shape index (κ2) is 8.66. The van der Waals surface area contributed by atoms with E-state index in [1.165, 1.54) is 66.8 Å². The van der Waals surface area contributed by atoms with Gasteiger partial charge in [0.15, 0.2) is 0 Å². The molecule has 0 heteroatoms. The van der Waals surface area contributed by atoms with Gasteiger partial charge in [-0.25, -0.2) is 0 Å². The molecule has 6 aromatic rings. The largest absolute Gasteiger partial charge is 0.0619 e. The fraction of sp³-hybridized carbons (Fsp3) is 0.122. The molecule has 9 rings (SSSR count). The number of rotatable bonds is 4. The van der Waals surface area contributed by atoms with E-state index in [0.717, 1.165) is 12.8 Å². The summed E-state index contributed by atoms with van der Waals surface area (Å²) in [5, 5.41) is 0. The predicted octanol–water partition coefficient (Wildman–Crippen LogP) is 10.4. The number of fused-ring (bicyclic) bond motifs is 9. The number of hydrogen-bond donors (Lipinski definition) is 0. The third-order valence-electron chi connectivity index (χ3n) is 10.2. The summed E-state index contributed by atoms with van der Waals surface area (Å²) in [5.74, 6) is 0.682. The van der Waals surface area contributed by atoms with Gasteiger partial charge in [0.2, 0.25) is 0 Å². The molecule has 0 aromatic heterocycles. The Hall–Kier alpha value is -4.68. The molecule has 0 atom stereocenters. The summed E-state index contributed by atoms with van der Waals surface area (Å²) in [5.41, 5.74) is 17.2. The first-order valence-electron chi connectivity index (χ1n) is 14.9. The molecule has 0 aliphatic heterocycles. The highest BCUT2D eigenvalue weighted by atomic mass is 14.5. The molecule has 3 aliphatic rings. The zero-order valence-electron chi connectivity index (χ0n) is 22.9. The Kier molecular flexibility index (Phi) is 4.87. The summed E-state index contributed by atoms with van der Waals surface area (Å²) in [4.78, 5) is 0. The van der Waals surface area contributed by atoms with Crippen LogP contribution in [0.4, 0.5) is 0 Å². The van der Waals surface area contributed by atoms with Gasteiger partial charge in [0.25, 0.3) is 0 Å².